The molecule has 256 valence electrons. The quantitative estimate of drug-likeness (QED) is 0.107. The van der Waals surface area contributed by atoms with Crippen molar-refractivity contribution in [2.24, 2.45) is 10.9 Å². The van der Waals surface area contributed by atoms with Crippen LogP contribution in [0, 0.1) is 24.2 Å². The lowest BCUT2D eigenvalue weighted by atomic mass is 9.95. The van der Waals surface area contributed by atoms with E-state index in [0.29, 0.717) is 59.9 Å². The molecule has 1 atom stereocenters. The number of benzene rings is 3. The van der Waals surface area contributed by atoms with Crippen LogP contribution in [0.1, 0.15) is 42.0 Å². The van der Waals surface area contributed by atoms with Gasteiger partial charge in [-0.1, -0.05) is 75.5 Å². The molecule has 3 aromatic rings. The molecule has 2 N–H and O–H groups in total. The van der Waals surface area contributed by atoms with Gasteiger partial charge in [-0.2, -0.15) is 5.26 Å². The first kappa shape index (κ1) is 37.9. The number of allylic oxidation sites excluding steroid dienone is 1. The minimum absolute atomic E-state index is 0.0768. The molecule has 48 heavy (non-hydrogen) atoms. The van der Waals surface area contributed by atoms with Gasteiger partial charge in [0.15, 0.2) is 0 Å². The Balaban J connectivity index is 1.57. The largest absolute Gasteiger partial charge is 0.492 e. The van der Waals surface area contributed by atoms with Crippen LogP contribution < -0.4 is 9.47 Å². The molecule has 0 saturated carbocycles. The average molecular weight is 760 g/mol. The highest BCUT2D eigenvalue weighted by Gasteiger charge is 2.29. The van der Waals surface area contributed by atoms with Crippen molar-refractivity contribution in [1.82, 2.24) is 4.90 Å². The van der Waals surface area contributed by atoms with Gasteiger partial charge in [0.2, 0.25) is 0 Å². The Bertz CT molecular complexity index is 1650. The van der Waals surface area contributed by atoms with E-state index in [1.54, 1.807) is 31.5 Å². The molecule has 0 radical (unpaired) electrons. The number of alkyl halides is 1. The van der Waals surface area contributed by atoms with Gasteiger partial charge < -0.3 is 24.4 Å². The van der Waals surface area contributed by atoms with Gasteiger partial charge in [-0.05, 0) is 62.1 Å². The summed E-state index contributed by atoms with van der Waals surface area (Å²) in [5.74, 6) is 0.922. The molecule has 1 aliphatic rings. The SMILES string of the molecule is Cc1c(COc2cc(OCC3C=NC=C(C#N)C3)c(CN(C)C(C)(CO)CO)cc2Cl)cccc1-c1cccc(COCCCBr)c1Cl. The number of rotatable bonds is 17. The molecule has 1 unspecified atom stereocenters. The van der Waals surface area contributed by atoms with E-state index in [4.69, 9.17) is 37.4 Å². The monoisotopic (exact) mass is 757 g/mol. The van der Waals surface area contributed by atoms with Crippen molar-refractivity contribution in [3.05, 3.63) is 92.6 Å². The Morgan fingerprint density at radius 3 is 2.46 bits per heavy atom. The molecule has 8 nitrogen and oxygen atoms in total. The zero-order chi connectivity index (χ0) is 34.7. The minimum Gasteiger partial charge on any atom is -0.492 e. The van der Waals surface area contributed by atoms with E-state index in [2.05, 4.69) is 27.0 Å². The van der Waals surface area contributed by atoms with Crippen molar-refractivity contribution in [2.45, 2.75) is 52.0 Å². The minimum atomic E-state index is -0.854. The molecular formula is C37H42BrCl2N3O5. The average Bonchev–Trinajstić information content (AvgIpc) is 3.10. The number of hydrogen-bond acceptors (Lipinski definition) is 8. The maximum Gasteiger partial charge on any atom is 0.142 e. The molecule has 0 fully saturated rings. The summed E-state index contributed by atoms with van der Waals surface area (Å²) in [4.78, 5) is 6.05. The van der Waals surface area contributed by atoms with E-state index in [0.717, 1.165) is 45.1 Å². The number of hydrogen-bond donors (Lipinski definition) is 2. The molecule has 3 aromatic carbocycles. The number of nitrogens with zero attached hydrogens (tertiary/aromatic N) is 3. The highest BCUT2D eigenvalue weighted by atomic mass is 79.9. The molecule has 4 rings (SSSR count). The van der Waals surface area contributed by atoms with E-state index in [-0.39, 0.29) is 25.7 Å². The maximum atomic E-state index is 9.96. The predicted octanol–water partition coefficient (Wildman–Crippen LogP) is 7.90. The van der Waals surface area contributed by atoms with Crippen LogP contribution in [-0.2, 0) is 24.5 Å². The van der Waals surface area contributed by atoms with Crippen LogP contribution in [0.5, 0.6) is 11.5 Å². The molecular weight excluding hydrogens is 717 g/mol. The highest BCUT2D eigenvalue weighted by Crippen LogP contribution is 2.37. The number of aliphatic hydroxyl groups is 2. The zero-order valence-corrected chi connectivity index (χ0v) is 30.6. The predicted molar refractivity (Wildman–Crippen MR) is 195 cm³/mol. The van der Waals surface area contributed by atoms with Crippen molar-refractivity contribution in [3.8, 4) is 28.7 Å². The smallest absolute Gasteiger partial charge is 0.142 e. The standard InChI is InChI=1S/C37H42BrCl2N3O5/c1-25-28(7-4-9-31(25)32-10-5-8-29(36(32)40)21-46-12-6-11-38)22-48-35-15-34(47-20-27-13-26(16-41)17-42-18-27)30(14-33(35)39)19-43(3)37(2,23-44)24-45/h4-5,7-10,14-15,17-18,27,44-45H,6,11-13,19-24H2,1-3H3. The third kappa shape index (κ3) is 9.60. The summed E-state index contributed by atoms with van der Waals surface area (Å²) in [5, 5.41) is 31.2. The van der Waals surface area contributed by atoms with E-state index in [9.17, 15) is 15.5 Å². The number of halogens is 3. The molecule has 0 saturated heterocycles. The number of nitriles is 1. The van der Waals surface area contributed by atoms with Crippen LogP contribution in [0.3, 0.4) is 0 Å². The fourth-order valence-electron chi connectivity index (χ4n) is 5.22. The van der Waals surface area contributed by atoms with Gasteiger partial charge in [-0.15, -0.1) is 0 Å². The molecule has 0 spiro atoms. The summed E-state index contributed by atoms with van der Waals surface area (Å²) in [6.07, 6.45) is 4.81. The van der Waals surface area contributed by atoms with Crippen LogP contribution >= 0.6 is 39.1 Å². The third-order valence-electron chi connectivity index (χ3n) is 8.61. The van der Waals surface area contributed by atoms with Crippen LogP contribution in [0.25, 0.3) is 11.1 Å². The zero-order valence-electron chi connectivity index (χ0n) is 27.5. The Labute approximate surface area is 301 Å². The highest BCUT2D eigenvalue weighted by molar-refractivity contribution is 9.09. The van der Waals surface area contributed by atoms with Crippen LogP contribution in [0.4, 0.5) is 0 Å². The van der Waals surface area contributed by atoms with Crippen molar-refractivity contribution < 1.29 is 24.4 Å². The summed E-state index contributed by atoms with van der Waals surface area (Å²) in [7, 11) is 1.82. The molecule has 1 aliphatic heterocycles. The van der Waals surface area contributed by atoms with Gasteiger partial charge >= 0.3 is 0 Å². The van der Waals surface area contributed by atoms with Gasteiger partial charge in [-0.3, -0.25) is 9.89 Å². The van der Waals surface area contributed by atoms with E-state index < -0.39 is 5.54 Å². The lowest BCUT2D eigenvalue weighted by Crippen LogP contribution is -2.49. The summed E-state index contributed by atoms with van der Waals surface area (Å²) in [6.45, 7) is 5.36. The number of aliphatic imine (C=N–C) groups is 1. The van der Waals surface area contributed by atoms with Gasteiger partial charge in [-0.25, -0.2) is 0 Å². The van der Waals surface area contributed by atoms with E-state index in [1.165, 1.54) is 0 Å². The summed E-state index contributed by atoms with van der Waals surface area (Å²) < 4.78 is 18.4. The lowest BCUT2D eigenvalue weighted by molar-refractivity contribution is 0.0104. The fourth-order valence-corrected chi connectivity index (χ4v) is 5.98. The van der Waals surface area contributed by atoms with Gasteiger partial charge in [0.25, 0.3) is 0 Å². The summed E-state index contributed by atoms with van der Waals surface area (Å²) in [6, 6.07) is 17.8. The van der Waals surface area contributed by atoms with E-state index >= 15 is 0 Å². The van der Waals surface area contributed by atoms with Crippen molar-refractivity contribution in [1.29, 1.82) is 5.26 Å². The maximum absolute atomic E-state index is 9.96. The molecule has 0 aliphatic carbocycles. The molecule has 11 heteroatoms. The Morgan fingerprint density at radius 1 is 1.02 bits per heavy atom. The normalized spacial score (nSPS) is 14.6. The number of aliphatic hydroxyl groups excluding tert-OH is 2. The Hall–Kier alpha value is -2.94. The van der Waals surface area contributed by atoms with Crippen LogP contribution in [-0.4, -0.2) is 65.7 Å². The lowest BCUT2D eigenvalue weighted by Gasteiger charge is -2.36. The Morgan fingerprint density at radius 2 is 1.75 bits per heavy atom. The molecule has 0 amide bonds. The molecule has 1 heterocycles. The van der Waals surface area contributed by atoms with Crippen molar-refractivity contribution >= 4 is 45.3 Å². The van der Waals surface area contributed by atoms with Gasteiger partial charge in [0, 0.05) is 59.6 Å². The van der Waals surface area contributed by atoms with Crippen LogP contribution in [0.15, 0.2) is 65.3 Å². The molecule has 0 aromatic heterocycles. The van der Waals surface area contributed by atoms with E-state index in [1.807, 2.05) is 55.3 Å². The fraction of sp³-hybridized carbons (Fsp3) is 0.405. The second-order valence-corrected chi connectivity index (χ2v) is 13.7. The second-order valence-electron chi connectivity index (χ2n) is 12.2. The van der Waals surface area contributed by atoms with Crippen molar-refractivity contribution in [2.75, 3.05) is 38.8 Å². The first-order chi connectivity index (χ1) is 23.1. The number of ether oxygens (including phenoxy) is 3. The summed E-state index contributed by atoms with van der Waals surface area (Å²) in [5.41, 5.74) is 5.38. The van der Waals surface area contributed by atoms with Crippen molar-refractivity contribution in [3.63, 3.8) is 0 Å². The first-order valence-electron chi connectivity index (χ1n) is 15.8. The first-order valence-corrected chi connectivity index (χ1v) is 17.6. The second kappa shape index (κ2) is 18.2. The van der Waals surface area contributed by atoms with Crippen LogP contribution in [0.2, 0.25) is 10.0 Å². The number of likely N-dealkylation sites (N-methyl/N-ethyl adjacent to an activating group) is 1. The molecule has 0 bridgehead atoms. The van der Waals surface area contributed by atoms with Gasteiger partial charge in [0.1, 0.15) is 18.1 Å². The topological polar surface area (TPSA) is 108 Å². The van der Waals surface area contributed by atoms with Gasteiger partial charge in [0.05, 0.1) is 48.1 Å². The third-order valence-corrected chi connectivity index (χ3v) is 9.91. The Kier molecular flexibility index (Phi) is 14.3. The summed E-state index contributed by atoms with van der Waals surface area (Å²) >= 11 is 17.1.